The summed E-state index contributed by atoms with van der Waals surface area (Å²) in [5, 5.41) is 10.8. The van der Waals surface area contributed by atoms with E-state index in [1.807, 2.05) is 18.2 Å². The largest absolute Gasteiger partial charge is 0.497 e. The molecule has 0 atom stereocenters. The minimum absolute atomic E-state index is 0.121. The molecule has 4 heteroatoms. The molecule has 0 radical (unpaired) electrons. The number of thioether (sulfide) groups is 1. The van der Waals surface area contributed by atoms with Gasteiger partial charge >= 0.3 is 0 Å². The minimum Gasteiger partial charge on any atom is -0.497 e. The van der Waals surface area contributed by atoms with Crippen LogP contribution in [-0.2, 0) is 5.75 Å². The second-order valence-electron chi connectivity index (χ2n) is 4.04. The van der Waals surface area contributed by atoms with Gasteiger partial charge in [-0.1, -0.05) is 17.9 Å². The Bertz CT molecular complexity index is 608. The van der Waals surface area contributed by atoms with E-state index in [0.29, 0.717) is 6.42 Å². The van der Waals surface area contributed by atoms with Gasteiger partial charge < -0.3 is 9.84 Å². The smallest absolute Gasteiger partial charge is 0.119 e. The number of methoxy groups -OCH3 is 1. The lowest BCUT2D eigenvalue weighted by atomic mass is 10.3. The monoisotopic (exact) mass is 304 g/mol. The maximum absolute atomic E-state index is 8.69. The van der Waals surface area contributed by atoms with E-state index in [9.17, 15) is 0 Å². The zero-order chi connectivity index (χ0) is 14.2. The third-order valence-electron chi connectivity index (χ3n) is 2.55. The molecule has 0 aliphatic heterocycles. The van der Waals surface area contributed by atoms with E-state index in [1.165, 1.54) is 9.77 Å². The lowest BCUT2D eigenvalue weighted by Gasteiger charge is -2.03. The first-order valence-corrected chi connectivity index (χ1v) is 8.12. The van der Waals surface area contributed by atoms with Crippen LogP contribution < -0.4 is 4.74 Å². The van der Waals surface area contributed by atoms with Gasteiger partial charge in [0, 0.05) is 32.9 Å². The highest BCUT2D eigenvalue weighted by Gasteiger charge is 2.01. The van der Waals surface area contributed by atoms with Crippen LogP contribution in [0.3, 0.4) is 0 Å². The molecule has 0 aliphatic rings. The highest BCUT2D eigenvalue weighted by atomic mass is 32.2. The fraction of sp³-hybridized carbons (Fsp3) is 0.250. The summed E-state index contributed by atoms with van der Waals surface area (Å²) in [4.78, 5) is 2.50. The molecular weight excluding hydrogens is 288 g/mol. The normalized spacial score (nSPS) is 9.90. The number of ether oxygens (including phenoxy) is 1. The molecule has 0 fully saturated rings. The Balaban J connectivity index is 1.92. The molecule has 20 heavy (non-hydrogen) atoms. The molecule has 104 valence electrons. The van der Waals surface area contributed by atoms with Crippen molar-refractivity contribution in [3.05, 3.63) is 46.2 Å². The van der Waals surface area contributed by atoms with Crippen molar-refractivity contribution < 1.29 is 9.84 Å². The lowest BCUT2D eigenvalue weighted by Crippen LogP contribution is -1.82. The molecule has 0 spiro atoms. The summed E-state index contributed by atoms with van der Waals surface area (Å²) in [5.74, 6) is 7.81. The van der Waals surface area contributed by atoms with Crippen molar-refractivity contribution in [1.29, 1.82) is 0 Å². The van der Waals surface area contributed by atoms with E-state index >= 15 is 0 Å². The molecule has 0 saturated carbocycles. The molecule has 1 aromatic heterocycles. The first kappa shape index (κ1) is 15.0. The summed E-state index contributed by atoms with van der Waals surface area (Å²) in [7, 11) is 1.68. The molecule has 2 aromatic rings. The van der Waals surface area contributed by atoms with E-state index in [-0.39, 0.29) is 6.61 Å². The molecule has 2 rings (SSSR count). The van der Waals surface area contributed by atoms with E-state index in [4.69, 9.17) is 9.84 Å². The molecule has 1 heterocycles. The Kier molecular flexibility index (Phi) is 6.00. The molecule has 1 N–H and O–H groups in total. The van der Waals surface area contributed by atoms with Crippen LogP contribution in [0.5, 0.6) is 5.75 Å². The maximum Gasteiger partial charge on any atom is 0.119 e. The summed E-state index contributed by atoms with van der Waals surface area (Å²) in [5.41, 5.74) is 1.03. The zero-order valence-electron chi connectivity index (χ0n) is 11.3. The van der Waals surface area contributed by atoms with Crippen LogP contribution in [0.1, 0.15) is 16.9 Å². The van der Waals surface area contributed by atoms with Crippen LogP contribution >= 0.6 is 23.1 Å². The summed E-state index contributed by atoms with van der Waals surface area (Å²) >= 11 is 3.51. The standard InChI is InChI=1S/C16H16O2S2/c1-18-14-6-4-7-15(10-14)20-12-16-9-13(11-19-16)5-2-3-8-17/h4,6-7,9-11,17H,3,8,12H2,1H3. The first-order chi connectivity index (χ1) is 9.81. The van der Waals surface area contributed by atoms with Crippen molar-refractivity contribution in [2.24, 2.45) is 0 Å². The summed E-state index contributed by atoms with van der Waals surface area (Å²) < 4.78 is 5.22. The van der Waals surface area contributed by atoms with Crippen LogP contribution in [0.15, 0.2) is 40.6 Å². The Morgan fingerprint density at radius 3 is 3.05 bits per heavy atom. The molecule has 0 bridgehead atoms. The molecule has 0 unspecified atom stereocenters. The third kappa shape index (κ3) is 4.61. The number of rotatable bonds is 5. The van der Waals surface area contributed by atoms with Gasteiger partial charge in [-0.3, -0.25) is 0 Å². The van der Waals surface area contributed by atoms with Gasteiger partial charge in [-0.05, 0) is 24.3 Å². The molecule has 2 nitrogen and oxygen atoms in total. The van der Waals surface area contributed by atoms with E-state index in [1.54, 1.807) is 30.2 Å². The van der Waals surface area contributed by atoms with Crippen LogP contribution in [-0.4, -0.2) is 18.8 Å². The Morgan fingerprint density at radius 2 is 2.25 bits per heavy atom. The Labute approximate surface area is 127 Å². The first-order valence-electron chi connectivity index (χ1n) is 6.26. The van der Waals surface area contributed by atoms with Crippen LogP contribution in [0, 0.1) is 11.8 Å². The van der Waals surface area contributed by atoms with Crippen LogP contribution in [0.2, 0.25) is 0 Å². The number of aliphatic hydroxyl groups excluding tert-OH is 1. The van der Waals surface area contributed by atoms with Crippen molar-refractivity contribution in [2.75, 3.05) is 13.7 Å². The van der Waals surface area contributed by atoms with E-state index < -0.39 is 0 Å². The maximum atomic E-state index is 8.69. The van der Waals surface area contributed by atoms with Gasteiger partial charge in [0.15, 0.2) is 0 Å². The van der Waals surface area contributed by atoms with Gasteiger partial charge in [0.25, 0.3) is 0 Å². The highest BCUT2D eigenvalue weighted by Crippen LogP contribution is 2.28. The van der Waals surface area contributed by atoms with Gasteiger partial charge in [-0.25, -0.2) is 0 Å². The van der Waals surface area contributed by atoms with Crippen molar-refractivity contribution in [1.82, 2.24) is 0 Å². The van der Waals surface area contributed by atoms with Crippen molar-refractivity contribution >= 4 is 23.1 Å². The second-order valence-corrected chi connectivity index (χ2v) is 6.09. The molecule has 0 saturated heterocycles. The zero-order valence-corrected chi connectivity index (χ0v) is 12.9. The molecule has 1 aromatic carbocycles. The van der Waals surface area contributed by atoms with Crippen LogP contribution in [0.25, 0.3) is 0 Å². The lowest BCUT2D eigenvalue weighted by molar-refractivity contribution is 0.305. The Hall–Kier alpha value is -1.41. The van der Waals surface area contributed by atoms with Gasteiger partial charge in [-0.15, -0.1) is 23.1 Å². The molecule has 0 aliphatic carbocycles. The number of hydrogen-bond acceptors (Lipinski definition) is 4. The number of hydrogen-bond donors (Lipinski definition) is 1. The van der Waals surface area contributed by atoms with Crippen molar-refractivity contribution in [2.45, 2.75) is 17.1 Å². The van der Waals surface area contributed by atoms with Crippen molar-refractivity contribution in [3.8, 4) is 17.6 Å². The topological polar surface area (TPSA) is 29.5 Å². The predicted molar refractivity (Wildman–Crippen MR) is 85.5 cm³/mol. The number of benzene rings is 1. The quantitative estimate of drug-likeness (QED) is 0.673. The van der Waals surface area contributed by atoms with E-state index in [0.717, 1.165) is 17.1 Å². The average Bonchev–Trinajstić information content (AvgIpc) is 2.94. The third-order valence-corrected chi connectivity index (χ3v) is 4.71. The SMILES string of the molecule is COc1cccc(SCc2cc(C#CCCO)cs2)c1. The second kappa shape index (κ2) is 8.01. The fourth-order valence-electron chi connectivity index (χ4n) is 1.59. The number of aliphatic hydroxyl groups is 1. The predicted octanol–water partition coefficient (Wildman–Crippen LogP) is 3.78. The summed E-state index contributed by atoms with van der Waals surface area (Å²) in [6.45, 7) is 0.121. The Morgan fingerprint density at radius 1 is 1.35 bits per heavy atom. The van der Waals surface area contributed by atoms with Gasteiger partial charge in [0.05, 0.1) is 13.7 Å². The average molecular weight is 304 g/mol. The fourth-order valence-corrected chi connectivity index (χ4v) is 3.40. The van der Waals surface area contributed by atoms with E-state index in [2.05, 4.69) is 29.4 Å². The van der Waals surface area contributed by atoms with Crippen molar-refractivity contribution in [3.63, 3.8) is 0 Å². The summed E-state index contributed by atoms with van der Waals surface area (Å²) in [6.07, 6.45) is 0.531. The molecule has 0 amide bonds. The van der Waals surface area contributed by atoms with Gasteiger partial charge in [0.1, 0.15) is 5.75 Å². The van der Waals surface area contributed by atoms with Gasteiger partial charge in [-0.2, -0.15) is 0 Å². The number of thiophene rings is 1. The highest BCUT2D eigenvalue weighted by molar-refractivity contribution is 7.98. The minimum atomic E-state index is 0.121. The molecular formula is C16H16O2S2. The van der Waals surface area contributed by atoms with Crippen LogP contribution in [0.4, 0.5) is 0 Å². The summed E-state index contributed by atoms with van der Waals surface area (Å²) in [6, 6.07) is 10.2. The van der Waals surface area contributed by atoms with Gasteiger partial charge in [0.2, 0.25) is 0 Å².